The Morgan fingerprint density at radius 1 is 1.21 bits per heavy atom. The van der Waals surface area contributed by atoms with E-state index in [0.717, 1.165) is 16.0 Å². The summed E-state index contributed by atoms with van der Waals surface area (Å²) < 4.78 is 13.8. The number of likely N-dealkylation sites (tertiary alicyclic amines) is 1. The molecule has 2 saturated heterocycles. The Morgan fingerprint density at radius 2 is 1.94 bits per heavy atom. The highest BCUT2D eigenvalue weighted by atomic mass is 19.1. The second-order valence-electron chi connectivity index (χ2n) is 9.71. The molecule has 3 heterocycles. The monoisotopic (exact) mass is 473 g/mol. The average molecular weight is 473 g/mol. The van der Waals surface area contributed by atoms with Crippen LogP contribution >= 0.6 is 0 Å². The van der Waals surface area contributed by atoms with Gasteiger partial charge in [-0.05, 0) is 24.0 Å². The second-order valence-corrected chi connectivity index (χ2v) is 9.71. The van der Waals surface area contributed by atoms with Crippen LogP contribution in [0.25, 0.3) is 0 Å². The predicted molar refractivity (Wildman–Crippen MR) is 120 cm³/mol. The first-order valence-electron chi connectivity index (χ1n) is 11.6. The molecular formula is C23H29BFN3O6. The number of ketones is 1. The first-order valence-corrected chi connectivity index (χ1v) is 11.6. The maximum atomic E-state index is 13.8. The van der Waals surface area contributed by atoms with E-state index in [1.54, 1.807) is 17.0 Å². The quantitative estimate of drug-likeness (QED) is 0.401. The normalized spacial score (nSPS) is 26.1. The molecule has 0 aliphatic carbocycles. The Hall–Kier alpha value is -2.79. The van der Waals surface area contributed by atoms with E-state index in [4.69, 9.17) is 0 Å². The predicted octanol–water partition coefficient (Wildman–Crippen LogP) is 0.213. The molecule has 4 atom stereocenters. The fourth-order valence-electron chi connectivity index (χ4n) is 5.11. The lowest BCUT2D eigenvalue weighted by molar-refractivity contribution is -0.135. The minimum atomic E-state index is -1.87. The molecule has 0 spiro atoms. The molecule has 34 heavy (non-hydrogen) atoms. The molecule has 3 amide bonds. The lowest BCUT2D eigenvalue weighted by atomic mass is 9.77. The zero-order valence-corrected chi connectivity index (χ0v) is 19.2. The van der Waals surface area contributed by atoms with Crippen molar-refractivity contribution < 1.29 is 33.6 Å². The van der Waals surface area contributed by atoms with Gasteiger partial charge in [-0.15, -0.1) is 0 Å². The van der Waals surface area contributed by atoms with Gasteiger partial charge in [0.15, 0.2) is 5.78 Å². The molecular weight excluding hydrogens is 444 g/mol. The Kier molecular flexibility index (Phi) is 6.77. The number of benzene rings is 1. The zero-order valence-electron chi connectivity index (χ0n) is 19.2. The van der Waals surface area contributed by atoms with Crippen molar-refractivity contribution in [2.24, 2.45) is 11.8 Å². The SMILES string of the molecule is CC(C)C(=O)c1cccc2c1CN(C(=O)C[C@@H]1C[C@@H](C(=O)N3CC(F)C[C@H]3B(O)O)NC1=O)C2. The van der Waals surface area contributed by atoms with E-state index in [9.17, 15) is 33.6 Å². The van der Waals surface area contributed by atoms with Gasteiger partial charge in [0, 0.05) is 36.9 Å². The van der Waals surface area contributed by atoms with Gasteiger partial charge in [0.1, 0.15) is 12.2 Å². The van der Waals surface area contributed by atoms with Crippen molar-refractivity contribution in [1.82, 2.24) is 15.1 Å². The molecule has 2 fully saturated rings. The number of nitrogens with one attached hydrogen (secondary N) is 1. The van der Waals surface area contributed by atoms with Crippen molar-refractivity contribution in [2.45, 2.75) is 64.4 Å². The molecule has 0 aromatic heterocycles. The van der Waals surface area contributed by atoms with Gasteiger partial charge in [0.2, 0.25) is 17.7 Å². The van der Waals surface area contributed by atoms with Crippen LogP contribution < -0.4 is 5.32 Å². The van der Waals surface area contributed by atoms with Crippen molar-refractivity contribution in [3.63, 3.8) is 0 Å². The Bertz CT molecular complexity index is 1020. The van der Waals surface area contributed by atoms with Gasteiger partial charge in [-0.2, -0.15) is 0 Å². The third-order valence-electron chi connectivity index (χ3n) is 6.97. The van der Waals surface area contributed by atoms with Crippen molar-refractivity contribution in [3.8, 4) is 0 Å². The Morgan fingerprint density at radius 3 is 2.62 bits per heavy atom. The van der Waals surface area contributed by atoms with Crippen LogP contribution in [0.4, 0.5) is 4.39 Å². The fraction of sp³-hybridized carbons (Fsp3) is 0.565. The minimum Gasteiger partial charge on any atom is -0.426 e. The highest BCUT2D eigenvalue weighted by Gasteiger charge is 2.47. The molecule has 0 saturated carbocycles. The van der Waals surface area contributed by atoms with E-state index < -0.39 is 43.0 Å². The number of nitrogens with zero attached hydrogens (tertiary/aromatic N) is 2. The standard InChI is InChI=1S/C23H29BFN3O6/c1-12(2)21(30)16-5-3-4-13-9-27(11-17(13)16)20(29)7-14-6-18(26-22(14)31)23(32)28-10-15(25)8-19(28)24(33)34/h3-5,12,14-15,18-19,33-34H,6-11H2,1-2H3,(H,26,31)/t14-,15?,18-,19-/m0/s1. The summed E-state index contributed by atoms with van der Waals surface area (Å²) in [6.45, 7) is 4.04. The summed E-state index contributed by atoms with van der Waals surface area (Å²) in [7, 11) is -1.87. The summed E-state index contributed by atoms with van der Waals surface area (Å²) >= 11 is 0. The summed E-state index contributed by atoms with van der Waals surface area (Å²) in [5, 5.41) is 21.5. The van der Waals surface area contributed by atoms with Crippen LogP contribution in [0.2, 0.25) is 0 Å². The van der Waals surface area contributed by atoms with Crippen molar-refractivity contribution in [3.05, 3.63) is 34.9 Å². The van der Waals surface area contributed by atoms with Crippen LogP contribution in [0.15, 0.2) is 18.2 Å². The smallest absolute Gasteiger partial charge is 0.426 e. The number of Topliss-reactive ketones (excluding diaryl/α,β-unsaturated/α-hetero) is 1. The van der Waals surface area contributed by atoms with E-state index in [1.165, 1.54) is 0 Å². The molecule has 9 nitrogen and oxygen atoms in total. The number of halogens is 1. The summed E-state index contributed by atoms with van der Waals surface area (Å²) in [5.74, 6) is -3.19. The fourth-order valence-corrected chi connectivity index (χ4v) is 5.11. The first kappa shape index (κ1) is 24.3. The Labute approximate surface area is 197 Å². The summed E-state index contributed by atoms with van der Waals surface area (Å²) in [4.78, 5) is 53.6. The van der Waals surface area contributed by atoms with Gasteiger partial charge in [-0.3, -0.25) is 19.2 Å². The van der Waals surface area contributed by atoms with Crippen LogP contribution in [0.3, 0.4) is 0 Å². The molecule has 3 aliphatic rings. The third kappa shape index (κ3) is 4.59. The van der Waals surface area contributed by atoms with Gasteiger partial charge < -0.3 is 25.2 Å². The zero-order chi connectivity index (χ0) is 24.7. The number of carbonyl (C=O) groups excluding carboxylic acids is 4. The van der Waals surface area contributed by atoms with E-state index in [2.05, 4.69) is 5.32 Å². The maximum absolute atomic E-state index is 13.8. The molecule has 1 unspecified atom stereocenters. The van der Waals surface area contributed by atoms with Crippen LogP contribution in [-0.4, -0.2) is 75.2 Å². The van der Waals surface area contributed by atoms with Gasteiger partial charge in [0.05, 0.1) is 12.5 Å². The summed E-state index contributed by atoms with van der Waals surface area (Å²) in [5.41, 5.74) is 2.36. The topological polar surface area (TPSA) is 127 Å². The van der Waals surface area contributed by atoms with E-state index in [1.807, 2.05) is 19.9 Å². The largest absolute Gasteiger partial charge is 0.475 e. The van der Waals surface area contributed by atoms with E-state index >= 15 is 0 Å². The van der Waals surface area contributed by atoms with Crippen LogP contribution in [-0.2, 0) is 27.5 Å². The van der Waals surface area contributed by atoms with E-state index in [0.29, 0.717) is 18.7 Å². The van der Waals surface area contributed by atoms with Gasteiger partial charge in [-0.1, -0.05) is 32.0 Å². The summed E-state index contributed by atoms with van der Waals surface area (Å²) in [6.07, 6.45) is -1.56. The maximum Gasteiger partial charge on any atom is 0.475 e. The summed E-state index contributed by atoms with van der Waals surface area (Å²) in [6, 6.07) is 4.52. The highest BCUT2D eigenvalue weighted by molar-refractivity contribution is 6.43. The highest BCUT2D eigenvalue weighted by Crippen LogP contribution is 2.31. The Balaban J connectivity index is 1.39. The van der Waals surface area contributed by atoms with Crippen LogP contribution in [0.5, 0.6) is 0 Å². The number of hydrogen-bond acceptors (Lipinski definition) is 6. The van der Waals surface area contributed by atoms with Crippen LogP contribution in [0, 0.1) is 11.8 Å². The van der Waals surface area contributed by atoms with Crippen molar-refractivity contribution in [1.29, 1.82) is 0 Å². The first-order chi connectivity index (χ1) is 16.1. The van der Waals surface area contributed by atoms with Crippen molar-refractivity contribution >= 4 is 30.6 Å². The second kappa shape index (κ2) is 9.46. The van der Waals surface area contributed by atoms with Gasteiger partial charge in [0.25, 0.3) is 0 Å². The third-order valence-corrected chi connectivity index (χ3v) is 6.97. The number of carbonyl (C=O) groups is 4. The van der Waals surface area contributed by atoms with Crippen LogP contribution in [0.1, 0.15) is 54.6 Å². The lowest BCUT2D eigenvalue weighted by Gasteiger charge is -2.26. The minimum absolute atomic E-state index is 0.0198. The number of fused-ring (bicyclic) bond motifs is 1. The number of amides is 3. The lowest BCUT2D eigenvalue weighted by Crippen LogP contribution is -2.51. The molecule has 3 aliphatic heterocycles. The van der Waals surface area contributed by atoms with Gasteiger partial charge in [-0.25, -0.2) is 4.39 Å². The van der Waals surface area contributed by atoms with E-state index in [-0.39, 0.29) is 43.4 Å². The molecule has 3 N–H and O–H groups in total. The number of hydrogen-bond donors (Lipinski definition) is 3. The molecule has 1 aromatic carbocycles. The number of alkyl halides is 1. The molecule has 182 valence electrons. The van der Waals surface area contributed by atoms with Crippen molar-refractivity contribution in [2.75, 3.05) is 6.54 Å². The number of rotatable bonds is 6. The average Bonchev–Trinajstić information content (AvgIpc) is 3.49. The molecule has 4 rings (SSSR count). The molecule has 11 heteroatoms. The molecule has 0 radical (unpaired) electrons. The van der Waals surface area contributed by atoms with Gasteiger partial charge >= 0.3 is 7.12 Å². The molecule has 1 aromatic rings. The molecule has 0 bridgehead atoms.